The average molecular weight is 408 g/mol. The van der Waals surface area contributed by atoms with E-state index in [1.807, 2.05) is 33.2 Å². The van der Waals surface area contributed by atoms with Crippen LogP contribution in [-0.2, 0) is 7.05 Å². The lowest BCUT2D eigenvalue weighted by Gasteiger charge is -2.35. The summed E-state index contributed by atoms with van der Waals surface area (Å²) < 4.78 is 1.78. The lowest BCUT2D eigenvalue weighted by molar-refractivity contribution is 0.639. The number of piperazine rings is 1. The van der Waals surface area contributed by atoms with Crippen LogP contribution in [0.2, 0.25) is 0 Å². The molecule has 0 N–H and O–H groups in total. The molecule has 29 heavy (non-hydrogen) atoms. The molecule has 4 aromatic heterocycles. The number of rotatable bonds is 3. The molecule has 0 bridgehead atoms. The highest BCUT2D eigenvalue weighted by atomic mass is 32.1. The summed E-state index contributed by atoms with van der Waals surface area (Å²) in [5.74, 6) is 1.85. The van der Waals surface area contributed by atoms with E-state index >= 15 is 0 Å². The Kier molecular flexibility index (Phi) is 4.35. The van der Waals surface area contributed by atoms with Gasteiger partial charge in [0.05, 0.1) is 27.2 Å². The Morgan fingerprint density at radius 2 is 1.76 bits per heavy atom. The van der Waals surface area contributed by atoms with Gasteiger partial charge in [0, 0.05) is 33.2 Å². The predicted octanol–water partition coefficient (Wildman–Crippen LogP) is 2.22. The van der Waals surface area contributed by atoms with Crippen LogP contribution in [0.1, 0.15) is 10.7 Å². The zero-order valence-corrected chi connectivity index (χ0v) is 17.4. The minimum atomic E-state index is 0.854. The molecule has 1 aliphatic heterocycles. The second-order valence-electron chi connectivity index (χ2n) is 7.10. The molecule has 4 aromatic rings. The molecular weight excluding hydrogens is 386 g/mol. The maximum Gasteiger partial charge on any atom is 0.163 e. The third-order valence-corrected chi connectivity index (χ3v) is 6.29. The van der Waals surface area contributed by atoms with Crippen LogP contribution in [0.4, 0.5) is 11.6 Å². The van der Waals surface area contributed by atoms with Gasteiger partial charge in [0.2, 0.25) is 0 Å². The first-order chi connectivity index (χ1) is 14.1. The molecule has 148 valence electrons. The normalized spacial score (nSPS) is 14.7. The van der Waals surface area contributed by atoms with Crippen molar-refractivity contribution in [2.75, 3.05) is 36.0 Å². The van der Waals surface area contributed by atoms with Gasteiger partial charge in [0.15, 0.2) is 11.5 Å². The van der Waals surface area contributed by atoms with Crippen LogP contribution >= 0.6 is 11.3 Å². The first-order valence-electron chi connectivity index (χ1n) is 9.51. The van der Waals surface area contributed by atoms with Gasteiger partial charge in [-0.25, -0.2) is 15.0 Å². The summed E-state index contributed by atoms with van der Waals surface area (Å²) in [6, 6.07) is 4.09. The monoisotopic (exact) mass is 407 g/mol. The van der Waals surface area contributed by atoms with E-state index < -0.39 is 0 Å². The Morgan fingerprint density at radius 3 is 2.45 bits per heavy atom. The summed E-state index contributed by atoms with van der Waals surface area (Å²) >= 11 is 1.66. The van der Waals surface area contributed by atoms with Gasteiger partial charge in [-0.1, -0.05) is 0 Å². The zero-order chi connectivity index (χ0) is 20.0. The molecule has 0 unspecified atom stereocenters. The van der Waals surface area contributed by atoms with Crippen LogP contribution in [0.5, 0.6) is 0 Å². The van der Waals surface area contributed by atoms with Crippen LogP contribution in [0.15, 0.2) is 24.7 Å². The minimum Gasteiger partial charge on any atom is -0.352 e. The standard InChI is InChI=1S/C19H21N9S/c1-12-17(29-13(2)23-12)15-4-5-16(25-24-15)27-6-8-28(9-7-27)19-14-10-22-26(3)18(14)20-11-21-19/h4-5,10-11H,6-9H2,1-3H3. The van der Waals surface area contributed by atoms with Crippen molar-refractivity contribution >= 4 is 34.0 Å². The average Bonchev–Trinajstić information content (AvgIpc) is 3.30. The number of aryl methyl sites for hydroxylation is 3. The van der Waals surface area contributed by atoms with Gasteiger partial charge in [-0.15, -0.1) is 21.5 Å². The van der Waals surface area contributed by atoms with Gasteiger partial charge >= 0.3 is 0 Å². The topological polar surface area (TPSA) is 88.8 Å². The van der Waals surface area contributed by atoms with Gasteiger partial charge in [-0.2, -0.15) is 5.10 Å². The summed E-state index contributed by atoms with van der Waals surface area (Å²) in [5, 5.41) is 15.3. The van der Waals surface area contributed by atoms with E-state index in [2.05, 4.69) is 46.1 Å². The summed E-state index contributed by atoms with van der Waals surface area (Å²) in [7, 11) is 1.90. The van der Waals surface area contributed by atoms with Gasteiger partial charge < -0.3 is 9.80 Å². The number of aromatic nitrogens is 7. The van der Waals surface area contributed by atoms with Crippen molar-refractivity contribution in [3.05, 3.63) is 35.4 Å². The quantitative estimate of drug-likeness (QED) is 0.511. The van der Waals surface area contributed by atoms with E-state index in [4.69, 9.17) is 0 Å². The van der Waals surface area contributed by atoms with Crippen molar-refractivity contribution in [1.82, 2.24) is 34.9 Å². The molecule has 9 nitrogen and oxygen atoms in total. The molecule has 5 rings (SSSR count). The van der Waals surface area contributed by atoms with E-state index in [0.717, 1.165) is 70.1 Å². The molecule has 0 aromatic carbocycles. The molecular formula is C19H21N9S. The first kappa shape index (κ1) is 17.9. The van der Waals surface area contributed by atoms with Crippen molar-refractivity contribution in [1.29, 1.82) is 0 Å². The fourth-order valence-electron chi connectivity index (χ4n) is 3.73. The molecule has 1 aliphatic rings. The highest BCUT2D eigenvalue weighted by molar-refractivity contribution is 7.15. The number of hydrogen-bond donors (Lipinski definition) is 0. The number of thiazole rings is 1. The Bertz CT molecular complexity index is 1160. The number of hydrogen-bond acceptors (Lipinski definition) is 9. The van der Waals surface area contributed by atoms with Crippen LogP contribution in [0, 0.1) is 13.8 Å². The molecule has 0 aliphatic carbocycles. The highest BCUT2D eigenvalue weighted by Crippen LogP contribution is 2.29. The van der Waals surface area contributed by atoms with Crippen molar-refractivity contribution in [3.63, 3.8) is 0 Å². The van der Waals surface area contributed by atoms with E-state index in [1.165, 1.54) is 0 Å². The number of fused-ring (bicyclic) bond motifs is 1. The van der Waals surface area contributed by atoms with Crippen molar-refractivity contribution in [3.8, 4) is 10.6 Å². The Hall–Kier alpha value is -3.14. The van der Waals surface area contributed by atoms with E-state index in [1.54, 1.807) is 22.3 Å². The summed E-state index contributed by atoms with van der Waals surface area (Å²) in [6.07, 6.45) is 3.45. The molecule has 0 atom stereocenters. The van der Waals surface area contributed by atoms with E-state index in [9.17, 15) is 0 Å². The maximum absolute atomic E-state index is 4.51. The number of nitrogens with zero attached hydrogens (tertiary/aromatic N) is 9. The summed E-state index contributed by atoms with van der Waals surface area (Å²) in [6.45, 7) is 7.46. The Balaban J connectivity index is 1.31. The smallest absolute Gasteiger partial charge is 0.163 e. The molecule has 0 amide bonds. The third-order valence-electron chi connectivity index (χ3n) is 5.20. The van der Waals surface area contributed by atoms with Crippen molar-refractivity contribution in [2.45, 2.75) is 13.8 Å². The molecule has 0 radical (unpaired) electrons. The van der Waals surface area contributed by atoms with E-state index in [0.29, 0.717) is 0 Å². The van der Waals surface area contributed by atoms with Crippen molar-refractivity contribution < 1.29 is 0 Å². The van der Waals surface area contributed by atoms with Gasteiger partial charge in [-0.3, -0.25) is 4.68 Å². The Labute approximate surface area is 172 Å². The van der Waals surface area contributed by atoms with Crippen LogP contribution < -0.4 is 9.80 Å². The molecule has 5 heterocycles. The minimum absolute atomic E-state index is 0.854. The van der Waals surface area contributed by atoms with Gasteiger partial charge in [0.25, 0.3) is 0 Å². The van der Waals surface area contributed by atoms with Crippen LogP contribution in [-0.4, -0.2) is 61.1 Å². The Morgan fingerprint density at radius 1 is 0.966 bits per heavy atom. The molecule has 1 saturated heterocycles. The van der Waals surface area contributed by atoms with Crippen molar-refractivity contribution in [2.24, 2.45) is 7.05 Å². The predicted molar refractivity (Wildman–Crippen MR) is 113 cm³/mol. The molecule has 0 spiro atoms. The second-order valence-corrected chi connectivity index (χ2v) is 8.30. The zero-order valence-electron chi connectivity index (χ0n) is 16.6. The van der Waals surface area contributed by atoms with Gasteiger partial charge in [-0.05, 0) is 26.0 Å². The lowest BCUT2D eigenvalue weighted by Crippen LogP contribution is -2.47. The lowest BCUT2D eigenvalue weighted by atomic mass is 10.2. The second kappa shape index (κ2) is 7.03. The summed E-state index contributed by atoms with van der Waals surface area (Å²) in [5.41, 5.74) is 2.75. The largest absolute Gasteiger partial charge is 0.352 e. The molecule has 1 fully saturated rings. The third kappa shape index (κ3) is 3.19. The highest BCUT2D eigenvalue weighted by Gasteiger charge is 2.22. The SMILES string of the molecule is Cc1nc(C)c(-c2ccc(N3CCN(c4ncnc5c4cnn5C)CC3)nn2)s1. The molecule has 0 saturated carbocycles. The molecule has 10 heteroatoms. The van der Waals surface area contributed by atoms with Crippen LogP contribution in [0.25, 0.3) is 21.6 Å². The first-order valence-corrected chi connectivity index (χ1v) is 10.3. The van der Waals surface area contributed by atoms with E-state index in [-0.39, 0.29) is 0 Å². The van der Waals surface area contributed by atoms with Gasteiger partial charge in [0.1, 0.15) is 17.8 Å². The fraction of sp³-hybridized carbons (Fsp3) is 0.368. The maximum atomic E-state index is 4.51. The van der Waals surface area contributed by atoms with Crippen LogP contribution in [0.3, 0.4) is 0 Å². The summed E-state index contributed by atoms with van der Waals surface area (Å²) in [4.78, 5) is 19.0. The fourth-order valence-corrected chi connectivity index (χ4v) is 4.62. The number of anilines is 2.